The van der Waals surface area contributed by atoms with Crippen LogP contribution in [0.3, 0.4) is 0 Å². The number of allylic oxidation sites excluding steroid dienone is 1. The second-order valence-corrected chi connectivity index (χ2v) is 10.9. The molecule has 0 bridgehead atoms. The van der Waals surface area contributed by atoms with E-state index in [1.807, 2.05) is 66.4 Å². The molecule has 0 aliphatic carbocycles. The van der Waals surface area contributed by atoms with Crippen LogP contribution in [0.5, 0.6) is 0 Å². The van der Waals surface area contributed by atoms with Crippen LogP contribution in [0.4, 0.5) is 11.4 Å². The fourth-order valence-electron chi connectivity index (χ4n) is 6.86. The lowest BCUT2D eigenvalue weighted by Crippen LogP contribution is -2.51. The fourth-order valence-corrected chi connectivity index (χ4v) is 6.99. The summed E-state index contributed by atoms with van der Waals surface area (Å²) in [5.74, 6) is -1.88. The minimum absolute atomic E-state index is 0.249. The van der Waals surface area contributed by atoms with Crippen LogP contribution < -0.4 is 10.2 Å². The van der Waals surface area contributed by atoms with Gasteiger partial charge in [0, 0.05) is 45.5 Å². The standard InChI is InChI=1S/C33H24ClN3O3/c1-19-17-27-33(24-9-3-4-10-25(24)36-32(33)40)28(30(38)21-7-6-16-35-18-21)29(31(39)20-12-14-22(34)15-13-20)37(27)26-11-5-2-8-23(19)26/h2-18,27-29H,1H3,(H,36,40)/t27-,28+,29-,33+/m0/s1. The maximum atomic E-state index is 14.7. The van der Waals surface area contributed by atoms with E-state index in [1.54, 1.807) is 42.6 Å². The number of para-hydroxylation sites is 2. The molecule has 1 aromatic heterocycles. The van der Waals surface area contributed by atoms with Crippen LogP contribution in [0.1, 0.15) is 38.8 Å². The molecule has 0 radical (unpaired) electrons. The maximum Gasteiger partial charge on any atom is 0.238 e. The molecular formula is C33H24ClN3O3. The van der Waals surface area contributed by atoms with E-state index in [-0.39, 0.29) is 17.5 Å². The van der Waals surface area contributed by atoms with E-state index in [4.69, 9.17) is 11.6 Å². The van der Waals surface area contributed by atoms with Crippen molar-refractivity contribution in [2.75, 3.05) is 10.2 Å². The molecule has 0 unspecified atom stereocenters. The minimum atomic E-state index is -1.36. The van der Waals surface area contributed by atoms with E-state index >= 15 is 0 Å². The van der Waals surface area contributed by atoms with E-state index in [9.17, 15) is 14.4 Å². The summed E-state index contributed by atoms with van der Waals surface area (Å²) in [4.78, 5) is 49.8. The monoisotopic (exact) mass is 545 g/mol. The van der Waals surface area contributed by atoms with Gasteiger partial charge in [0.1, 0.15) is 11.5 Å². The van der Waals surface area contributed by atoms with Crippen molar-refractivity contribution in [1.29, 1.82) is 0 Å². The number of hydrogen-bond acceptors (Lipinski definition) is 5. The zero-order valence-electron chi connectivity index (χ0n) is 21.5. The number of amides is 1. The summed E-state index contributed by atoms with van der Waals surface area (Å²) in [6, 6.07) is 23.8. The Hall–Kier alpha value is -4.55. The van der Waals surface area contributed by atoms with Crippen molar-refractivity contribution in [3.63, 3.8) is 0 Å². The van der Waals surface area contributed by atoms with Crippen molar-refractivity contribution in [2.24, 2.45) is 5.92 Å². The third-order valence-corrected chi connectivity index (χ3v) is 8.76. The molecule has 1 spiro atoms. The first-order valence-electron chi connectivity index (χ1n) is 13.1. The van der Waals surface area contributed by atoms with E-state index in [0.717, 1.165) is 16.8 Å². The minimum Gasteiger partial charge on any atom is -0.352 e. The third-order valence-electron chi connectivity index (χ3n) is 8.51. The van der Waals surface area contributed by atoms with E-state index in [1.165, 1.54) is 6.20 Å². The van der Waals surface area contributed by atoms with Crippen molar-refractivity contribution in [1.82, 2.24) is 4.98 Å². The molecule has 4 heterocycles. The van der Waals surface area contributed by atoms with Crippen molar-refractivity contribution >= 4 is 46.0 Å². The number of rotatable bonds is 4. The summed E-state index contributed by atoms with van der Waals surface area (Å²) in [6.45, 7) is 2.01. The Morgan fingerprint density at radius 2 is 1.65 bits per heavy atom. The van der Waals surface area contributed by atoms with Crippen molar-refractivity contribution in [2.45, 2.75) is 24.4 Å². The van der Waals surface area contributed by atoms with Gasteiger partial charge in [-0.15, -0.1) is 0 Å². The number of hydrogen-bond donors (Lipinski definition) is 1. The molecule has 6 nitrogen and oxygen atoms in total. The topological polar surface area (TPSA) is 79.4 Å². The molecule has 4 aromatic rings. The maximum absolute atomic E-state index is 14.7. The van der Waals surface area contributed by atoms with Crippen LogP contribution in [-0.4, -0.2) is 34.5 Å². The first-order chi connectivity index (χ1) is 19.4. The lowest BCUT2D eigenvalue weighted by atomic mass is 9.64. The Balaban J connectivity index is 1.56. The Morgan fingerprint density at radius 1 is 0.900 bits per heavy atom. The van der Waals surface area contributed by atoms with Crippen LogP contribution in [-0.2, 0) is 10.2 Å². The average molecular weight is 546 g/mol. The molecule has 7 heteroatoms. The van der Waals surface area contributed by atoms with Crippen LogP contribution in [0.2, 0.25) is 5.02 Å². The summed E-state index contributed by atoms with van der Waals surface area (Å²) in [5, 5.41) is 3.56. The van der Waals surface area contributed by atoms with Gasteiger partial charge >= 0.3 is 0 Å². The highest BCUT2D eigenvalue weighted by molar-refractivity contribution is 6.30. The number of carbonyl (C=O) groups excluding carboxylic acids is 3. The largest absolute Gasteiger partial charge is 0.352 e. The predicted octanol–water partition coefficient (Wildman–Crippen LogP) is 5.98. The molecular weight excluding hydrogens is 522 g/mol. The molecule has 3 aliphatic heterocycles. The van der Waals surface area contributed by atoms with Crippen LogP contribution in [0, 0.1) is 5.92 Å². The van der Waals surface area contributed by atoms with Crippen LogP contribution in [0.15, 0.2) is 103 Å². The molecule has 4 atom stereocenters. The van der Waals surface area contributed by atoms with Gasteiger partial charge < -0.3 is 10.2 Å². The average Bonchev–Trinajstić information content (AvgIpc) is 3.45. The van der Waals surface area contributed by atoms with Crippen molar-refractivity contribution < 1.29 is 14.4 Å². The predicted molar refractivity (Wildman–Crippen MR) is 155 cm³/mol. The number of benzene rings is 3. The lowest BCUT2D eigenvalue weighted by molar-refractivity contribution is -0.121. The molecule has 7 rings (SSSR count). The van der Waals surface area contributed by atoms with Crippen molar-refractivity contribution in [3.8, 4) is 0 Å². The normalized spacial score (nSPS) is 24.1. The molecule has 1 saturated heterocycles. The van der Waals surface area contributed by atoms with Gasteiger partial charge in [0.25, 0.3) is 0 Å². The van der Waals surface area contributed by atoms with Gasteiger partial charge in [-0.25, -0.2) is 0 Å². The molecule has 0 saturated carbocycles. The second-order valence-electron chi connectivity index (χ2n) is 10.5. The smallest absolute Gasteiger partial charge is 0.238 e. The number of halogens is 1. The Labute approximate surface area is 236 Å². The van der Waals surface area contributed by atoms with Gasteiger partial charge in [-0.1, -0.05) is 54.1 Å². The summed E-state index contributed by atoms with van der Waals surface area (Å²) in [5.41, 5.74) is 3.55. The van der Waals surface area contributed by atoms with Gasteiger partial charge in [-0.05, 0) is 66.6 Å². The summed E-state index contributed by atoms with van der Waals surface area (Å²) in [7, 11) is 0. The SMILES string of the molecule is CC1=C[C@@H]2N(c3ccccc31)[C@H](C(=O)c1ccc(Cl)cc1)[C@H](C(=O)c1cccnc1)[C@]21C(=O)Nc2ccccc21. The number of nitrogens with zero attached hydrogens (tertiary/aromatic N) is 2. The molecule has 40 heavy (non-hydrogen) atoms. The van der Waals surface area contributed by atoms with E-state index < -0.39 is 23.4 Å². The highest BCUT2D eigenvalue weighted by Gasteiger charge is 2.70. The first-order valence-corrected chi connectivity index (χ1v) is 13.5. The number of fused-ring (bicyclic) bond motifs is 6. The third kappa shape index (κ3) is 3.29. The Bertz CT molecular complexity index is 1730. The molecule has 3 aromatic carbocycles. The summed E-state index contributed by atoms with van der Waals surface area (Å²) in [6.07, 6.45) is 5.15. The Kier molecular flexibility index (Phi) is 5.51. The quantitative estimate of drug-likeness (QED) is 0.319. The van der Waals surface area contributed by atoms with E-state index in [0.29, 0.717) is 27.4 Å². The lowest BCUT2D eigenvalue weighted by Gasteiger charge is -2.39. The number of pyridine rings is 1. The number of ketones is 2. The van der Waals surface area contributed by atoms with Gasteiger partial charge in [-0.2, -0.15) is 0 Å². The number of aromatic nitrogens is 1. The molecule has 1 fully saturated rings. The van der Waals surface area contributed by atoms with Gasteiger partial charge in [0.2, 0.25) is 5.91 Å². The highest BCUT2D eigenvalue weighted by Crippen LogP contribution is 2.58. The molecule has 3 aliphatic rings. The summed E-state index contributed by atoms with van der Waals surface area (Å²) < 4.78 is 0. The van der Waals surface area contributed by atoms with Crippen LogP contribution >= 0.6 is 11.6 Å². The number of Topliss-reactive ketones (excluding diaryl/α,β-unsaturated/α-hetero) is 2. The first kappa shape index (κ1) is 24.5. The highest BCUT2D eigenvalue weighted by atomic mass is 35.5. The van der Waals surface area contributed by atoms with Gasteiger partial charge in [0.15, 0.2) is 11.6 Å². The van der Waals surface area contributed by atoms with Gasteiger partial charge in [0.05, 0.1) is 12.0 Å². The zero-order valence-corrected chi connectivity index (χ0v) is 22.3. The van der Waals surface area contributed by atoms with Gasteiger partial charge in [-0.3, -0.25) is 19.4 Å². The number of carbonyl (C=O) groups is 3. The van der Waals surface area contributed by atoms with Crippen LogP contribution in [0.25, 0.3) is 5.57 Å². The van der Waals surface area contributed by atoms with E-state index in [2.05, 4.69) is 10.3 Å². The summed E-state index contributed by atoms with van der Waals surface area (Å²) >= 11 is 6.16. The molecule has 1 amide bonds. The van der Waals surface area contributed by atoms with Crippen molar-refractivity contribution in [3.05, 3.63) is 131 Å². The molecule has 196 valence electrons. The zero-order chi connectivity index (χ0) is 27.6. The second kappa shape index (κ2) is 9.00. The molecule has 1 N–H and O–H groups in total. The number of nitrogens with one attached hydrogen (secondary N) is 1. The number of anilines is 2. The fraction of sp³-hybridized carbons (Fsp3) is 0.152. The Morgan fingerprint density at radius 3 is 2.42 bits per heavy atom.